The highest BCUT2D eigenvalue weighted by Crippen LogP contribution is 2.17. The fraction of sp³-hybridized carbons (Fsp3) is 0.375. The van der Waals surface area contributed by atoms with Gasteiger partial charge in [-0.25, -0.2) is 0 Å². The van der Waals surface area contributed by atoms with Crippen LogP contribution in [-0.2, 0) is 4.79 Å². The molecule has 0 spiro atoms. The molecule has 0 aromatic rings. The predicted molar refractivity (Wildman–Crippen MR) is 38.7 cm³/mol. The molecule has 0 bridgehead atoms. The number of Topliss-reactive ketones (excluding diaryl/α,β-unsaturated/α-hetero) is 1. The van der Waals surface area contributed by atoms with E-state index in [0.717, 1.165) is 18.3 Å². The van der Waals surface area contributed by atoms with Crippen molar-refractivity contribution in [2.24, 2.45) is 0 Å². The molecular formula is C8H10O2. The number of hydrogen-bond donors (Lipinski definition) is 1. The van der Waals surface area contributed by atoms with Crippen molar-refractivity contribution in [2.75, 3.05) is 0 Å². The fourth-order valence-electron chi connectivity index (χ4n) is 0.982. The van der Waals surface area contributed by atoms with E-state index in [1.807, 2.05) is 6.92 Å². The van der Waals surface area contributed by atoms with Gasteiger partial charge in [0.2, 0.25) is 0 Å². The van der Waals surface area contributed by atoms with E-state index in [0.29, 0.717) is 12.0 Å². The minimum Gasteiger partial charge on any atom is -0.515 e. The molecule has 0 aliphatic heterocycles. The topological polar surface area (TPSA) is 37.3 Å². The van der Waals surface area contributed by atoms with Crippen LogP contribution in [0.2, 0.25) is 0 Å². The summed E-state index contributed by atoms with van der Waals surface area (Å²) in [7, 11) is 0. The van der Waals surface area contributed by atoms with Crippen molar-refractivity contribution in [1.82, 2.24) is 0 Å². The molecule has 0 amide bonds. The van der Waals surface area contributed by atoms with Gasteiger partial charge >= 0.3 is 0 Å². The van der Waals surface area contributed by atoms with Crippen LogP contribution >= 0.6 is 0 Å². The average molecular weight is 138 g/mol. The molecule has 0 atom stereocenters. The number of rotatable bonds is 0. The number of carbonyl (C=O) groups is 1. The van der Waals surface area contributed by atoms with Crippen LogP contribution in [0, 0.1) is 0 Å². The van der Waals surface area contributed by atoms with Crippen LogP contribution < -0.4 is 0 Å². The summed E-state index contributed by atoms with van der Waals surface area (Å²) in [5, 5.41) is 8.55. The average Bonchev–Trinajstić information content (AvgIpc) is 1.94. The van der Waals surface area contributed by atoms with Gasteiger partial charge < -0.3 is 5.11 Å². The summed E-state index contributed by atoms with van der Waals surface area (Å²) >= 11 is 0. The molecule has 2 heteroatoms. The normalized spacial score (nSPS) is 23.1. The molecule has 0 aromatic carbocycles. The van der Waals surface area contributed by atoms with Gasteiger partial charge in [0.1, 0.15) is 0 Å². The Morgan fingerprint density at radius 1 is 1.60 bits per heavy atom. The summed E-state index contributed by atoms with van der Waals surface area (Å²) < 4.78 is 0. The summed E-state index contributed by atoms with van der Waals surface area (Å²) in [6, 6.07) is 0. The van der Waals surface area contributed by atoms with Crippen LogP contribution in [0.1, 0.15) is 19.8 Å². The second kappa shape index (κ2) is 2.69. The van der Waals surface area contributed by atoms with Gasteiger partial charge in [0, 0.05) is 6.42 Å². The first kappa shape index (κ1) is 7.06. The van der Waals surface area contributed by atoms with Crippen LogP contribution in [0.5, 0.6) is 0 Å². The maximum absolute atomic E-state index is 10.9. The third kappa shape index (κ3) is 1.26. The Morgan fingerprint density at radius 2 is 2.30 bits per heavy atom. The molecule has 1 N–H and O–H groups in total. The highest BCUT2D eigenvalue weighted by Gasteiger charge is 2.12. The molecule has 10 heavy (non-hydrogen) atoms. The van der Waals surface area contributed by atoms with Crippen molar-refractivity contribution in [3.05, 3.63) is 23.5 Å². The van der Waals surface area contributed by atoms with Crippen LogP contribution in [0.4, 0.5) is 0 Å². The first-order valence-corrected chi connectivity index (χ1v) is 3.29. The number of allylic oxidation sites excluding steroid dienone is 3. The van der Waals surface area contributed by atoms with Crippen molar-refractivity contribution in [3.8, 4) is 0 Å². The smallest absolute Gasteiger partial charge is 0.166 e. The number of aliphatic hydroxyl groups excluding tert-OH is 1. The van der Waals surface area contributed by atoms with Gasteiger partial charge in [0.15, 0.2) is 5.78 Å². The van der Waals surface area contributed by atoms with E-state index in [9.17, 15) is 4.79 Å². The Hall–Kier alpha value is -1.05. The third-order valence-corrected chi connectivity index (χ3v) is 1.61. The molecule has 0 saturated carbocycles. The van der Waals surface area contributed by atoms with E-state index in [2.05, 4.69) is 0 Å². The Labute approximate surface area is 59.9 Å². The van der Waals surface area contributed by atoms with Gasteiger partial charge in [-0.1, -0.05) is 5.57 Å². The van der Waals surface area contributed by atoms with Crippen molar-refractivity contribution < 1.29 is 9.90 Å². The Kier molecular flexibility index (Phi) is 1.90. The summed E-state index contributed by atoms with van der Waals surface area (Å²) in [6.07, 6.45) is 3.97. The second-order valence-corrected chi connectivity index (χ2v) is 2.50. The predicted octanol–water partition coefficient (Wildman–Crippen LogP) is 1.74. The summed E-state index contributed by atoms with van der Waals surface area (Å²) in [5.41, 5.74) is 1.59. The summed E-state index contributed by atoms with van der Waals surface area (Å²) in [4.78, 5) is 10.9. The molecule has 0 fully saturated rings. The van der Waals surface area contributed by atoms with Gasteiger partial charge in [-0.2, -0.15) is 0 Å². The minimum atomic E-state index is 0.0353. The van der Waals surface area contributed by atoms with Crippen molar-refractivity contribution in [1.29, 1.82) is 0 Å². The summed E-state index contributed by atoms with van der Waals surface area (Å²) in [6.45, 7) is 1.95. The zero-order chi connectivity index (χ0) is 7.56. The van der Waals surface area contributed by atoms with Crippen LogP contribution in [0.3, 0.4) is 0 Å². The molecular weight excluding hydrogens is 128 g/mol. The first-order valence-electron chi connectivity index (χ1n) is 3.29. The standard InChI is InChI=1S/C8H10O2/c1-6-2-3-8(10)7(4-6)5-9/h4-5,9H,2-3H2,1H3. The Balaban J connectivity index is 2.89. The van der Waals surface area contributed by atoms with Gasteiger partial charge in [-0.15, -0.1) is 0 Å². The largest absolute Gasteiger partial charge is 0.515 e. The lowest BCUT2D eigenvalue weighted by atomic mass is 9.96. The lowest BCUT2D eigenvalue weighted by Gasteiger charge is -2.08. The first-order chi connectivity index (χ1) is 4.74. The maximum atomic E-state index is 10.9. The monoisotopic (exact) mass is 138 g/mol. The van der Waals surface area contributed by atoms with Crippen LogP contribution in [-0.4, -0.2) is 10.9 Å². The van der Waals surface area contributed by atoms with Gasteiger partial charge in [-0.3, -0.25) is 4.79 Å². The molecule has 0 radical (unpaired) electrons. The minimum absolute atomic E-state index is 0.0353. The van der Waals surface area contributed by atoms with E-state index in [-0.39, 0.29) is 5.78 Å². The Morgan fingerprint density at radius 3 is 2.80 bits per heavy atom. The molecule has 0 unspecified atom stereocenters. The van der Waals surface area contributed by atoms with E-state index in [4.69, 9.17) is 5.11 Å². The lowest BCUT2D eigenvalue weighted by molar-refractivity contribution is -0.115. The Bertz CT molecular complexity index is 211. The number of carbonyl (C=O) groups excluding carboxylic acids is 1. The SMILES string of the molecule is CC1=CC(=CO)C(=O)CC1. The number of aliphatic hydroxyl groups is 1. The highest BCUT2D eigenvalue weighted by atomic mass is 16.2. The van der Waals surface area contributed by atoms with E-state index < -0.39 is 0 Å². The lowest BCUT2D eigenvalue weighted by Crippen LogP contribution is -2.06. The third-order valence-electron chi connectivity index (χ3n) is 1.61. The second-order valence-electron chi connectivity index (χ2n) is 2.50. The maximum Gasteiger partial charge on any atom is 0.166 e. The molecule has 0 saturated heterocycles. The van der Waals surface area contributed by atoms with Gasteiger partial charge in [0.25, 0.3) is 0 Å². The molecule has 54 valence electrons. The van der Waals surface area contributed by atoms with E-state index >= 15 is 0 Å². The fourth-order valence-corrected chi connectivity index (χ4v) is 0.982. The molecule has 0 aromatic heterocycles. The number of ketones is 1. The number of hydrogen-bond acceptors (Lipinski definition) is 2. The molecule has 1 aliphatic carbocycles. The quantitative estimate of drug-likeness (QED) is 0.409. The van der Waals surface area contributed by atoms with Crippen molar-refractivity contribution in [2.45, 2.75) is 19.8 Å². The highest BCUT2D eigenvalue weighted by molar-refractivity contribution is 5.99. The van der Waals surface area contributed by atoms with E-state index in [1.165, 1.54) is 0 Å². The van der Waals surface area contributed by atoms with Crippen molar-refractivity contribution in [3.63, 3.8) is 0 Å². The molecule has 0 heterocycles. The van der Waals surface area contributed by atoms with Gasteiger partial charge in [0.05, 0.1) is 11.8 Å². The zero-order valence-electron chi connectivity index (χ0n) is 5.92. The van der Waals surface area contributed by atoms with E-state index in [1.54, 1.807) is 6.08 Å². The van der Waals surface area contributed by atoms with Crippen molar-refractivity contribution >= 4 is 5.78 Å². The van der Waals surface area contributed by atoms with Crippen LogP contribution in [0.25, 0.3) is 0 Å². The zero-order valence-corrected chi connectivity index (χ0v) is 5.92. The summed E-state index contributed by atoms with van der Waals surface area (Å²) in [5.74, 6) is 0.0353. The van der Waals surface area contributed by atoms with Gasteiger partial charge in [-0.05, 0) is 19.4 Å². The molecule has 2 nitrogen and oxygen atoms in total. The molecule has 1 aliphatic rings. The molecule has 1 rings (SSSR count). The van der Waals surface area contributed by atoms with Crippen LogP contribution in [0.15, 0.2) is 23.5 Å².